The van der Waals surface area contributed by atoms with Crippen LogP contribution >= 0.6 is 0 Å². The molecule has 0 saturated heterocycles. The molecule has 0 spiro atoms. The number of hydrogen-bond acceptors (Lipinski definition) is 6. The number of nitrogens with two attached hydrogens (primary N) is 2. The molecule has 0 unspecified atom stereocenters. The van der Waals surface area contributed by atoms with Crippen LogP contribution in [0.15, 0.2) is 0 Å². The molecule has 0 aliphatic heterocycles. The van der Waals surface area contributed by atoms with E-state index in [0.717, 1.165) is 27.7 Å². The molecule has 21 heavy (non-hydrogen) atoms. The molecule has 0 aliphatic carbocycles. The zero-order chi connectivity index (χ0) is 17.7. The summed E-state index contributed by atoms with van der Waals surface area (Å²) < 4.78 is 0. The van der Waals surface area contributed by atoms with Crippen molar-refractivity contribution in [2.45, 2.75) is 27.7 Å². The zero-order valence-electron chi connectivity index (χ0n) is 12.0. The molecule has 0 aromatic rings. The van der Waals surface area contributed by atoms with Crippen LogP contribution in [-0.4, -0.2) is 103 Å². The summed E-state index contributed by atoms with van der Waals surface area (Å²) in [5.41, 5.74) is 9.81. The Balaban J connectivity index is -0.0000000331. The Labute approximate surface area is 160 Å². The number of carboxylic acid groups (broad SMARTS) is 4. The average molecular weight is 390 g/mol. The van der Waals surface area contributed by atoms with Crippen LogP contribution in [0.25, 0.3) is 0 Å². The molecule has 0 bridgehead atoms. The molecule has 8 N–H and O–H groups in total. The van der Waals surface area contributed by atoms with E-state index in [2.05, 4.69) is 0 Å². The van der Waals surface area contributed by atoms with Gasteiger partial charge in [-0.1, -0.05) is 0 Å². The molecule has 0 aromatic carbocycles. The molecule has 0 amide bonds. The van der Waals surface area contributed by atoms with Gasteiger partial charge in [0.2, 0.25) is 0 Å². The van der Waals surface area contributed by atoms with E-state index in [-0.39, 0.29) is 45.5 Å². The van der Waals surface area contributed by atoms with Crippen LogP contribution < -0.4 is 11.5 Å². The van der Waals surface area contributed by atoms with Crippen molar-refractivity contribution in [3.63, 3.8) is 0 Å². The topological polar surface area (TPSA) is 201 Å². The Bertz CT molecular complexity index is 195. The predicted molar refractivity (Wildman–Crippen MR) is 79.9 cm³/mol. The quantitative estimate of drug-likeness (QED) is 0.282. The molecular weight excluding hydrogens is 364 g/mol. The van der Waals surface area contributed by atoms with Crippen molar-refractivity contribution in [1.29, 1.82) is 0 Å². The Hall–Kier alpha value is -0.719. The maximum atomic E-state index is 9.00. The predicted octanol–water partition coefficient (Wildman–Crippen LogP) is -1.65. The van der Waals surface area contributed by atoms with Crippen LogP contribution in [0, 0.1) is 0 Å². The number of aliphatic carboxylic acids is 4. The second kappa shape index (κ2) is 36.5. The normalized spacial score (nSPS) is 6.19. The summed E-state index contributed by atoms with van der Waals surface area (Å²) in [5, 5.41) is 29.7. The molecule has 0 atom stereocenters. The van der Waals surface area contributed by atoms with Crippen molar-refractivity contribution in [2.75, 3.05) is 13.1 Å². The second-order valence-corrected chi connectivity index (χ2v) is 2.65. The van der Waals surface area contributed by atoms with Crippen molar-refractivity contribution in [3.8, 4) is 0 Å². The van der Waals surface area contributed by atoms with E-state index in [1.54, 1.807) is 0 Å². The van der Waals surface area contributed by atoms with Gasteiger partial charge in [-0.15, -0.1) is 0 Å². The SMILES string of the molecule is CC(=O)O.CC(=O)O.CC(=O)O.CC(=O)O.NCCN.[SrH2]. The van der Waals surface area contributed by atoms with E-state index in [1.807, 2.05) is 0 Å². The van der Waals surface area contributed by atoms with E-state index < -0.39 is 23.9 Å². The van der Waals surface area contributed by atoms with Gasteiger partial charge in [0.1, 0.15) is 0 Å². The second-order valence-electron chi connectivity index (χ2n) is 2.65. The minimum atomic E-state index is -0.833. The Kier molecular flexibility index (Phi) is 64.3. The summed E-state index contributed by atoms with van der Waals surface area (Å²) in [7, 11) is 0. The molecule has 11 heteroatoms. The van der Waals surface area contributed by atoms with Gasteiger partial charge in [-0.3, -0.25) is 19.2 Å². The minimum absolute atomic E-state index is 0. The molecule has 0 saturated carbocycles. The maximum absolute atomic E-state index is 9.00. The molecule has 0 heterocycles. The van der Waals surface area contributed by atoms with Gasteiger partial charge in [-0.05, 0) is 0 Å². The first-order valence-electron chi connectivity index (χ1n) is 5.03. The van der Waals surface area contributed by atoms with E-state index in [9.17, 15) is 0 Å². The third-order valence-corrected chi connectivity index (χ3v) is 0.167. The fourth-order valence-corrected chi connectivity index (χ4v) is 0. The zero-order valence-corrected chi connectivity index (χ0v) is 12.0. The third kappa shape index (κ3) is 73200. The summed E-state index contributed by atoms with van der Waals surface area (Å²) in [6.07, 6.45) is 0. The van der Waals surface area contributed by atoms with Crippen LogP contribution in [0.1, 0.15) is 27.7 Å². The van der Waals surface area contributed by atoms with Crippen molar-refractivity contribution < 1.29 is 39.6 Å². The summed E-state index contributed by atoms with van der Waals surface area (Å²) in [4.78, 5) is 36.0. The first-order chi connectivity index (χ1) is 8.84. The summed E-state index contributed by atoms with van der Waals surface area (Å²) in [6.45, 7) is 5.53. The van der Waals surface area contributed by atoms with Crippen LogP contribution in [0.3, 0.4) is 0 Å². The Morgan fingerprint density at radius 3 is 0.667 bits per heavy atom. The molecule has 0 radical (unpaired) electrons. The van der Waals surface area contributed by atoms with Crippen molar-refractivity contribution in [2.24, 2.45) is 11.5 Å². The molecule has 126 valence electrons. The van der Waals surface area contributed by atoms with E-state index in [1.165, 1.54) is 0 Å². The van der Waals surface area contributed by atoms with E-state index in [0.29, 0.717) is 13.1 Å². The molecule has 0 rings (SSSR count). The van der Waals surface area contributed by atoms with Crippen LogP contribution in [0.5, 0.6) is 0 Å². The van der Waals surface area contributed by atoms with Gasteiger partial charge in [0.15, 0.2) is 0 Å². The van der Waals surface area contributed by atoms with Crippen LogP contribution in [0.2, 0.25) is 0 Å². The molecule has 10 nitrogen and oxygen atoms in total. The number of hydrogen-bond donors (Lipinski definition) is 6. The first-order valence-corrected chi connectivity index (χ1v) is 5.03. The van der Waals surface area contributed by atoms with Gasteiger partial charge in [0, 0.05) is 40.8 Å². The fraction of sp³-hybridized carbons (Fsp3) is 0.600. The number of carboxylic acids is 4. The summed E-state index contributed by atoms with van der Waals surface area (Å²) in [6, 6.07) is 0. The van der Waals surface area contributed by atoms with Crippen molar-refractivity contribution in [3.05, 3.63) is 0 Å². The van der Waals surface area contributed by atoms with Gasteiger partial charge in [0.05, 0.1) is 0 Å². The molecule has 0 aliphatic rings. The van der Waals surface area contributed by atoms with Crippen LogP contribution in [-0.2, 0) is 19.2 Å². The Morgan fingerprint density at radius 2 is 0.667 bits per heavy atom. The third-order valence-electron chi connectivity index (χ3n) is 0.167. The van der Waals surface area contributed by atoms with Gasteiger partial charge in [0.25, 0.3) is 23.9 Å². The van der Waals surface area contributed by atoms with Crippen molar-refractivity contribution >= 4 is 69.4 Å². The van der Waals surface area contributed by atoms with Crippen molar-refractivity contribution in [1.82, 2.24) is 0 Å². The first kappa shape index (κ1) is 37.0. The summed E-state index contributed by atoms with van der Waals surface area (Å²) >= 11 is 0. The molecule has 0 aromatic heterocycles. The number of rotatable bonds is 1. The number of carbonyl (C=O) groups is 4. The van der Waals surface area contributed by atoms with Gasteiger partial charge < -0.3 is 31.9 Å². The fourth-order valence-electron chi connectivity index (χ4n) is 0. The standard InChI is InChI=1S/C2H8N2.4C2H4O2.Sr.2H/c3-1-2-4;4*1-2(3)4;;;/h1-4H2;4*1H3,(H,3,4);;;. The van der Waals surface area contributed by atoms with Crippen LogP contribution in [0.4, 0.5) is 0 Å². The average Bonchev–Trinajstić information content (AvgIpc) is 2.13. The van der Waals surface area contributed by atoms with Gasteiger partial charge in [-0.2, -0.15) is 0 Å². The molecule has 0 fully saturated rings. The van der Waals surface area contributed by atoms with Gasteiger partial charge >= 0.3 is 45.5 Å². The van der Waals surface area contributed by atoms with Gasteiger partial charge in [-0.25, -0.2) is 0 Å². The molecular formula is C10H26N2O8Sr. The van der Waals surface area contributed by atoms with E-state index >= 15 is 0 Å². The monoisotopic (exact) mass is 390 g/mol. The summed E-state index contributed by atoms with van der Waals surface area (Å²) in [5.74, 6) is -3.33. The van der Waals surface area contributed by atoms with E-state index in [4.69, 9.17) is 51.1 Å². The Morgan fingerprint density at radius 1 is 0.619 bits per heavy atom.